The molecule has 0 aliphatic carbocycles. The number of nitrogens with one attached hydrogen (secondary N) is 1. The molecule has 0 atom stereocenters. The van der Waals surface area contributed by atoms with E-state index in [0.717, 1.165) is 9.35 Å². The highest BCUT2D eigenvalue weighted by molar-refractivity contribution is 9.10. The highest BCUT2D eigenvalue weighted by Gasteiger charge is 2.19. The number of pyridine rings is 1. The first-order chi connectivity index (χ1) is 9.03. The zero-order valence-electron chi connectivity index (χ0n) is 9.50. The molecule has 98 valence electrons. The second-order valence-electron chi connectivity index (χ2n) is 3.52. The van der Waals surface area contributed by atoms with E-state index in [1.807, 2.05) is 11.4 Å². The Morgan fingerprint density at radius 2 is 2.32 bits per heavy atom. The van der Waals surface area contributed by atoms with Crippen LogP contribution in [0.4, 0.5) is 0 Å². The zero-order chi connectivity index (χ0) is 13.9. The molecule has 0 amide bonds. The van der Waals surface area contributed by atoms with Crippen LogP contribution in [0.5, 0.6) is 0 Å². The quantitative estimate of drug-likeness (QED) is 0.909. The molecule has 2 heterocycles. The van der Waals surface area contributed by atoms with Crippen LogP contribution < -0.4 is 4.72 Å². The highest BCUT2D eigenvalue weighted by Crippen LogP contribution is 2.20. The number of sulfonamides is 1. The lowest BCUT2D eigenvalue weighted by atomic mass is 10.4. The lowest BCUT2D eigenvalue weighted by Crippen LogP contribution is -2.23. The molecule has 19 heavy (non-hydrogen) atoms. The van der Waals surface area contributed by atoms with Crippen molar-refractivity contribution >= 4 is 37.3 Å². The Bertz CT molecular complexity index is 734. The average Bonchev–Trinajstić information content (AvgIpc) is 2.82. The fourth-order valence-electron chi connectivity index (χ4n) is 1.38. The van der Waals surface area contributed by atoms with Gasteiger partial charge in [-0.3, -0.25) is 0 Å². The maximum atomic E-state index is 12.1. The van der Waals surface area contributed by atoms with Crippen LogP contribution in [-0.2, 0) is 16.6 Å². The molecule has 0 radical (unpaired) electrons. The van der Waals surface area contributed by atoms with Gasteiger partial charge in [-0.25, -0.2) is 18.1 Å². The summed E-state index contributed by atoms with van der Waals surface area (Å²) in [5.41, 5.74) is -0.109. The van der Waals surface area contributed by atoms with Crippen LogP contribution in [0.1, 0.15) is 10.6 Å². The van der Waals surface area contributed by atoms with Gasteiger partial charge in [-0.05, 0) is 34.1 Å². The number of hydrogen-bond donors (Lipinski definition) is 1. The molecule has 0 aromatic carbocycles. The van der Waals surface area contributed by atoms with Crippen LogP contribution in [0.3, 0.4) is 0 Å². The molecular weight excluding hydrogens is 350 g/mol. The summed E-state index contributed by atoms with van der Waals surface area (Å²) < 4.78 is 27.5. The number of nitriles is 1. The number of halogens is 1. The van der Waals surface area contributed by atoms with E-state index >= 15 is 0 Å². The normalized spacial score (nSPS) is 11.2. The van der Waals surface area contributed by atoms with Gasteiger partial charge in [0.05, 0.1) is 0 Å². The Hall–Kier alpha value is -1.27. The van der Waals surface area contributed by atoms with Crippen molar-refractivity contribution in [3.05, 3.63) is 44.8 Å². The highest BCUT2D eigenvalue weighted by atomic mass is 79.9. The van der Waals surface area contributed by atoms with E-state index in [4.69, 9.17) is 5.26 Å². The summed E-state index contributed by atoms with van der Waals surface area (Å²) in [4.78, 5) is 4.51. The number of aromatic nitrogens is 1. The summed E-state index contributed by atoms with van der Waals surface area (Å²) in [5.74, 6) is 0. The second kappa shape index (κ2) is 5.79. The molecule has 0 saturated heterocycles. The van der Waals surface area contributed by atoms with Crippen molar-refractivity contribution in [2.24, 2.45) is 0 Å². The Balaban J connectivity index is 2.21. The van der Waals surface area contributed by atoms with Crippen LogP contribution >= 0.6 is 27.3 Å². The molecule has 0 unspecified atom stereocenters. The van der Waals surface area contributed by atoms with E-state index in [2.05, 4.69) is 25.6 Å². The lowest BCUT2D eigenvalue weighted by molar-refractivity contribution is 0.581. The van der Waals surface area contributed by atoms with Gasteiger partial charge in [0.2, 0.25) is 10.0 Å². The molecular formula is C11H8BrN3O2S2. The van der Waals surface area contributed by atoms with Crippen molar-refractivity contribution in [2.45, 2.75) is 11.4 Å². The fourth-order valence-corrected chi connectivity index (χ4v) is 3.98. The predicted molar refractivity (Wildman–Crippen MR) is 75.0 cm³/mol. The summed E-state index contributed by atoms with van der Waals surface area (Å²) in [6.45, 7) is 0.179. The van der Waals surface area contributed by atoms with Gasteiger partial charge in [-0.2, -0.15) is 5.26 Å². The van der Waals surface area contributed by atoms with Gasteiger partial charge in [0.25, 0.3) is 0 Å². The van der Waals surface area contributed by atoms with Crippen molar-refractivity contribution in [1.82, 2.24) is 9.71 Å². The van der Waals surface area contributed by atoms with Gasteiger partial charge in [0, 0.05) is 27.5 Å². The summed E-state index contributed by atoms with van der Waals surface area (Å²) in [6.07, 6.45) is 1.38. The Morgan fingerprint density at radius 3 is 2.95 bits per heavy atom. The van der Waals surface area contributed by atoms with Crippen LogP contribution in [0, 0.1) is 11.3 Å². The maximum Gasteiger partial charge on any atom is 0.243 e. The van der Waals surface area contributed by atoms with Crippen LogP contribution in [0.25, 0.3) is 0 Å². The standard InChI is InChI=1S/C11H8BrN3O2S2/c12-8-4-9(18-7-8)6-15-19(16,17)11-2-1-3-14-10(11)5-13/h1-4,7,15H,6H2. The van der Waals surface area contributed by atoms with Crippen molar-refractivity contribution in [3.63, 3.8) is 0 Å². The molecule has 2 aromatic rings. The number of rotatable bonds is 4. The summed E-state index contributed by atoms with van der Waals surface area (Å²) in [7, 11) is -3.74. The van der Waals surface area contributed by atoms with Gasteiger partial charge < -0.3 is 0 Å². The minimum absolute atomic E-state index is 0.104. The summed E-state index contributed by atoms with van der Waals surface area (Å²) >= 11 is 4.74. The van der Waals surface area contributed by atoms with Crippen LogP contribution in [0.15, 0.2) is 39.1 Å². The molecule has 2 aromatic heterocycles. The van der Waals surface area contributed by atoms with E-state index in [9.17, 15) is 8.42 Å². The molecule has 2 rings (SSSR count). The fraction of sp³-hybridized carbons (Fsp3) is 0.0909. The van der Waals surface area contributed by atoms with Crippen LogP contribution in [0.2, 0.25) is 0 Å². The third-order valence-electron chi connectivity index (χ3n) is 2.22. The second-order valence-corrected chi connectivity index (χ2v) is 7.16. The van der Waals surface area contributed by atoms with Gasteiger partial charge >= 0.3 is 0 Å². The number of nitrogens with zero attached hydrogens (tertiary/aromatic N) is 2. The Morgan fingerprint density at radius 1 is 1.53 bits per heavy atom. The third kappa shape index (κ3) is 3.39. The Kier molecular flexibility index (Phi) is 4.31. The Labute approximate surface area is 123 Å². The molecule has 0 spiro atoms. The van der Waals surface area contributed by atoms with Gasteiger partial charge in [-0.15, -0.1) is 11.3 Å². The first-order valence-corrected chi connectivity index (χ1v) is 8.26. The van der Waals surface area contributed by atoms with E-state index < -0.39 is 10.0 Å². The monoisotopic (exact) mass is 357 g/mol. The average molecular weight is 358 g/mol. The third-order valence-corrected chi connectivity index (χ3v) is 5.35. The molecule has 8 heteroatoms. The van der Waals surface area contributed by atoms with Crippen LogP contribution in [-0.4, -0.2) is 13.4 Å². The van der Waals surface area contributed by atoms with Gasteiger partial charge in [0.15, 0.2) is 5.69 Å². The molecule has 0 bridgehead atoms. The van der Waals surface area contributed by atoms with Crippen molar-refractivity contribution in [2.75, 3.05) is 0 Å². The summed E-state index contributed by atoms with van der Waals surface area (Å²) in [5, 5.41) is 10.7. The first-order valence-electron chi connectivity index (χ1n) is 5.10. The number of thiophene rings is 1. The zero-order valence-corrected chi connectivity index (χ0v) is 12.7. The molecule has 0 aliphatic heterocycles. The predicted octanol–water partition coefficient (Wildman–Crippen LogP) is 2.26. The lowest BCUT2D eigenvalue weighted by Gasteiger charge is -2.06. The SMILES string of the molecule is N#Cc1ncccc1S(=O)(=O)NCc1cc(Br)cs1. The molecule has 0 fully saturated rings. The van der Waals surface area contributed by atoms with E-state index in [0.29, 0.717) is 0 Å². The first kappa shape index (κ1) is 14.1. The molecule has 0 aliphatic rings. The summed E-state index contributed by atoms with van der Waals surface area (Å²) in [6, 6.07) is 6.45. The van der Waals surface area contributed by atoms with E-state index in [1.54, 1.807) is 6.07 Å². The van der Waals surface area contributed by atoms with E-state index in [1.165, 1.54) is 29.7 Å². The topological polar surface area (TPSA) is 82.8 Å². The minimum Gasteiger partial charge on any atom is -0.244 e. The minimum atomic E-state index is -3.74. The van der Waals surface area contributed by atoms with E-state index in [-0.39, 0.29) is 17.1 Å². The van der Waals surface area contributed by atoms with Gasteiger partial charge in [0.1, 0.15) is 11.0 Å². The van der Waals surface area contributed by atoms with Crippen molar-refractivity contribution in [3.8, 4) is 6.07 Å². The molecule has 1 N–H and O–H groups in total. The van der Waals surface area contributed by atoms with Gasteiger partial charge in [-0.1, -0.05) is 0 Å². The molecule has 0 saturated carbocycles. The van der Waals surface area contributed by atoms with Crippen molar-refractivity contribution in [1.29, 1.82) is 5.26 Å². The largest absolute Gasteiger partial charge is 0.244 e. The smallest absolute Gasteiger partial charge is 0.243 e. The molecule has 5 nitrogen and oxygen atoms in total. The maximum absolute atomic E-state index is 12.1. The number of hydrogen-bond acceptors (Lipinski definition) is 5. The van der Waals surface area contributed by atoms with Crippen molar-refractivity contribution < 1.29 is 8.42 Å².